The maximum absolute atomic E-state index is 13.2. The molecule has 5 nitrogen and oxygen atoms in total. The van der Waals surface area contributed by atoms with Crippen LogP contribution in [0.1, 0.15) is 55.8 Å². The van der Waals surface area contributed by atoms with Gasteiger partial charge in [0.25, 0.3) is 0 Å². The summed E-state index contributed by atoms with van der Waals surface area (Å²) in [7, 11) is 0. The summed E-state index contributed by atoms with van der Waals surface area (Å²) in [6.45, 7) is 2.15. The smallest absolute Gasteiger partial charge is 0.338 e. The standard InChI is InChI=1S/C21H24N2O3S/c1-2-26-18(24)15-3-4-16-17(8-15)27-20(22-16)23-19(25)21-9-12-5-13(10-21)7-14(6-12)11-21/h3-4,8,12-14H,2,5-7,9-11H2,1H3,(H,22,23,25). The normalized spacial score (nSPS) is 31.2. The molecule has 1 N–H and O–H groups in total. The Labute approximate surface area is 162 Å². The first kappa shape index (κ1) is 17.2. The van der Waals surface area contributed by atoms with Crippen LogP contribution in [0, 0.1) is 23.2 Å². The van der Waals surface area contributed by atoms with Crippen molar-refractivity contribution in [1.82, 2.24) is 4.98 Å². The second kappa shape index (κ2) is 6.30. The summed E-state index contributed by atoms with van der Waals surface area (Å²) < 4.78 is 5.95. The number of fused-ring (bicyclic) bond motifs is 1. The van der Waals surface area contributed by atoms with Gasteiger partial charge < -0.3 is 10.1 Å². The number of esters is 1. The van der Waals surface area contributed by atoms with Gasteiger partial charge in [-0.3, -0.25) is 4.79 Å². The number of thiazole rings is 1. The van der Waals surface area contributed by atoms with Gasteiger partial charge in [-0.2, -0.15) is 0 Å². The second-order valence-electron chi connectivity index (χ2n) is 8.57. The van der Waals surface area contributed by atoms with E-state index in [-0.39, 0.29) is 17.3 Å². The van der Waals surface area contributed by atoms with Crippen molar-refractivity contribution in [3.05, 3.63) is 23.8 Å². The summed E-state index contributed by atoms with van der Waals surface area (Å²) in [5, 5.41) is 3.75. The summed E-state index contributed by atoms with van der Waals surface area (Å²) in [6.07, 6.45) is 7.10. The van der Waals surface area contributed by atoms with E-state index in [1.54, 1.807) is 19.1 Å². The molecular formula is C21H24N2O3S. The molecule has 1 aromatic carbocycles. The van der Waals surface area contributed by atoms with Crippen molar-refractivity contribution >= 4 is 38.6 Å². The van der Waals surface area contributed by atoms with E-state index in [4.69, 9.17) is 4.74 Å². The van der Waals surface area contributed by atoms with E-state index >= 15 is 0 Å². The first-order valence-corrected chi connectivity index (χ1v) is 10.8. The molecule has 4 aliphatic carbocycles. The molecule has 0 aliphatic heterocycles. The van der Waals surface area contributed by atoms with E-state index in [0.29, 0.717) is 17.3 Å². The SMILES string of the molecule is CCOC(=O)c1ccc2nc(NC(=O)C34CC5CC(CC(C5)C3)C4)sc2c1. The number of ether oxygens (including phenoxy) is 1. The van der Waals surface area contributed by atoms with Crippen LogP contribution in [0.25, 0.3) is 10.2 Å². The lowest BCUT2D eigenvalue weighted by Gasteiger charge is -2.55. The van der Waals surface area contributed by atoms with Gasteiger partial charge in [0.05, 0.1) is 27.8 Å². The van der Waals surface area contributed by atoms with Crippen molar-refractivity contribution in [2.75, 3.05) is 11.9 Å². The zero-order valence-corrected chi connectivity index (χ0v) is 16.3. The van der Waals surface area contributed by atoms with Crippen LogP contribution in [0.15, 0.2) is 18.2 Å². The third-order valence-corrected chi connectivity index (χ3v) is 7.57. The predicted molar refractivity (Wildman–Crippen MR) is 105 cm³/mol. The largest absolute Gasteiger partial charge is 0.462 e. The van der Waals surface area contributed by atoms with Gasteiger partial charge in [-0.25, -0.2) is 9.78 Å². The number of carbonyl (C=O) groups excluding carboxylic acids is 2. The van der Waals surface area contributed by atoms with Crippen molar-refractivity contribution in [3.8, 4) is 0 Å². The minimum atomic E-state index is -0.327. The number of aromatic nitrogens is 1. The van der Waals surface area contributed by atoms with E-state index in [1.807, 2.05) is 6.07 Å². The van der Waals surface area contributed by atoms with Gasteiger partial charge in [-0.15, -0.1) is 0 Å². The molecule has 0 atom stereocenters. The minimum Gasteiger partial charge on any atom is -0.462 e. The number of benzene rings is 1. The van der Waals surface area contributed by atoms with Crippen molar-refractivity contribution in [1.29, 1.82) is 0 Å². The van der Waals surface area contributed by atoms with Gasteiger partial charge in [0.15, 0.2) is 5.13 Å². The molecule has 1 heterocycles. The third-order valence-electron chi connectivity index (χ3n) is 6.64. The summed E-state index contributed by atoms with van der Waals surface area (Å²) >= 11 is 1.43. The predicted octanol–water partition coefficient (Wildman–Crippen LogP) is 4.63. The quantitative estimate of drug-likeness (QED) is 0.781. The Morgan fingerprint density at radius 2 is 1.85 bits per heavy atom. The maximum Gasteiger partial charge on any atom is 0.338 e. The number of amides is 1. The Balaban J connectivity index is 1.37. The van der Waals surface area contributed by atoms with Gasteiger partial charge >= 0.3 is 5.97 Å². The Morgan fingerprint density at radius 3 is 2.48 bits per heavy atom. The molecule has 6 rings (SSSR count). The molecule has 0 saturated heterocycles. The van der Waals surface area contributed by atoms with Crippen LogP contribution in [-0.4, -0.2) is 23.5 Å². The number of rotatable bonds is 4. The second-order valence-corrected chi connectivity index (χ2v) is 9.60. The monoisotopic (exact) mass is 384 g/mol. The number of nitrogens with zero attached hydrogens (tertiary/aromatic N) is 1. The van der Waals surface area contributed by atoms with Crippen LogP contribution >= 0.6 is 11.3 Å². The van der Waals surface area contributed by atoms with Crippen LogP contribution in [0.2, 0.25) is 0 Å². The number of anilines is 1. The molecule has 6 heteroatoms. The lowest BCUT2D eigenvalue weighted by molar-refractivity contribution is -0.140. The van der Waals surface area contributed by atoms with E-state index in [0.717, 1.165) is 47.2 Å². The summed E-state index contributed by atoms with van der Waals surface area (Å²) in [5.41, 5.74) is 1.14. The van der Waals surface area contributed by atoms with Crippen molar-refractivity contribution in [2.45, 2.75) is 45.4 Å². The highest BCUT2D eigenvalue weighted by atomic mass is 32.1. The average molecular weight is 385 g/mol. The van der Waals surface area contributed by atoms with Crippen molar-refractivity contribution < 1.29 is 14.3 Å². The lowest BCUT2D eigenvalue weighted by Crippen LogP contribution is -2.51. The molecule has 4 saturated carbocycles. The van der Waals surface area contributed by atoms with Gasteiger partial charge in [0, 0.05) is 0 Å². The zero-order valence-electron chi connectivity index (χ0n) is 15.5. The summed E-state index contributed by atoms with van der Waals surface area (Å²) in [5.74, 6) is 2.05. The summed E-state index contributed by atoms with van der Waals surface area (Å²) in [4.78, 5) is 29.7. The molecule has 4 fully saturated rings. The van der Waals surface area contributed by atoms with E-state index in [1.165, 1.54) is 30.6 Å². The topological polar surface area (TPSA) is 68.3 Å². The molecule has 4 bridgehead atoms. The zero-order chi connectivity index (χ0) is 18.6. The lowest BCUT2D eigenvalue weighted by atomic mass is 9.49. The number of carbonyl (C=O) groups is 2. The highest BCUT2D eigenvalue weighted by Crippen LogP contribution is 2.60. The molecule has 1 amide bonds. The Kier molecular flexibility index (Phi) is 4.00. The number of nitrogens with one attached hydrogen (secondary N) is 1. The molecule has 0 radical (unpaired) electrons. The van der Waals surface area contributed by atoms with Gasteiger partial charge in [0.1, 0.15) is 0 Å². The highest BCUT2D eigenvalue weighted by Gasteiger charge is 2.54. The Hall–Kier alpha value is -1.95. The van der Waals surface area contributed by atoms with Gasteiger partial charge in [0.2, 0.25) is 5.91 Å². The van der Waals surface area contributed by atoms with Crippen LogP contribution in [0.4, 0.5) is 5.13 Å². The molecule has 0 spiro atoms. The van der Waals surface area contributed by atoms with Crippen LogP contribution in [-0.2, 0) is 9.53 Å². The molecule has 142 valence electrons. The fourth-order valence-corrected chi connectivity index (χ4v) is 6.84. The Bertz CT molecular complexity index is 884. The molecular weight excluding hydrogens is 360 g/mol. The first-order chi connectivity index (χ1) is 13.0. The summed E-state index contributed by atoms with van der Waals surface area (Å²) in [6, 6.07) is 5.34. The fourth-order valence-electron chi connectivity index (χ4n) is 5.94. The first-order valence-electron chi connectivity index (χ1n) is 9.94. The number of hydrogen-bond acceptors (Lipinski definition) is 5. The fraction of sp³-hybridized carbons (Fsp3) is 0.571. The molecule has 4 aliphatic rings. The van der Waals surface area contributed by atoms with Crippen LogP contribution < -0.4 is 5.32 Å². The molecule has 2 aromatic rings. The highest BCUT2D eigenvalue weighted by molar-refractivity contribution is 7.22. The van der Waals surface area contributed by atoms with Crippen molar-refractivity contribution in [3.63, 3.8) is 0 Å². The van der Waals surface area contributed by atoms with E-state index < -0.39 is 0 Å². The van der Waals surface area contributed by atoms with E-state index in [2.05, 4.69) is 10.3 Å². The minimum absolute atomic E-state index is 0.159. The third kappa shape index (κ3) is 2.94. The molecule has 0 unspecified atom stereocenters. The van der Waals surface area contributed by atoms with Crippen LogP contribution in [0.3, 0.4) is 0 Å². The van der Waals surface area contributed by atoms with Gasteiger partial charge in [-0.05, 0) is 81.4 Å². The van der Waals surface area contributed by atoms with Gasteiger partial charge in [-0.1, -0.05) is 11.3 Å². The number of hydrogen-bond donors (Lipinski definition) is 1. The molecule has 1 aromatic heterocycles. The van der Waals surface area contributed by atoms with E-state index in [9.17, 15) is 9.59 Å². The maximum atomic E-state index is 13.2. The van der Waals surface area contributed by atoms with Crippen molar-refractivity contribution in [2.24, 2.45) is 23.2 Å². The molecule has 27 heavy (non-hydrogen) atoms. The Morgan fingerprint density at radius 1 is 1.19 bits per heavy atom. The van der Waals surface area contributed by atoms with Crippen LogP contribution in [0.5, 0.6) is 0 Å². The average Bonchev–Trinajstić information content (AvgIpc) is 3.02.